The van der Waals surface area contributed by atoms with E-state index in [0.717, 1.165) is 10.3 Å². The Morgan fingerprint density at radius 1 is 1.00 bits per heavy atom. The van der Waals surface area contributed by atoms with Crippen LogP contribution in [0, 0.1) is 0 Å². The summed E-state index contributed by atoms with van der Waals surface area (Å²) < 4.78 is 0.761. The number of amides is 1. The lowest BCUT2D eigenvalue weighted by atomic mass is 9.96. The van der Waals surface area contributed by atoms with Crippen molar-refractivity contribution in [3.63, 3.8) is 0 Å². The average Bonchev–Trinajstić information content (AvgIpc) is 3.37. The van der Waals surface area contributed by atoms with Gasteiger partial charge in [0.05, 0.1) is 31.9 Å². The molecule has 2 heterocycles. The van der Waals surface area contributed by atoms with Gasteiger partial charge in [0.1, 0.15) is 0 Å². The topological polar surface area (TPSA) is 70.5 Å². The van der Waals surface area contributed by atoms with E-state index in [4.69, 9.17) is 34.8 Å². The molecule has 9 heteroatoms. The van der Waals surface area contributed by atoms with Crippen molar-refractivity contribution in [2.75, 3.05) is 4.90 Å². The van der Waals surface area contributed by atoms with Crippen LogP contribution in [0.5, 0.6) is 0 Å². The Bertz CT molecular complexity index is 1550. The van der Waals surface area contributed by atoms with Gasteiger partial charge < -0.3 is 5.11 Å². The molecule has 1 aliphatic rings. The van der Waals surface area contributed by atoms with Crippen LogP contribution in [0.25, 0.3) is 16.3 Å². The number of carbonyl (C=O) groups is 2. The van der Waals surface area contributed by atoms with Gasteiger partial charge in [0, 0.05) is 5.02 Å². The number of rotatable bonds is 5. The van der Waals surface area contributed by atoms with Gasteiger partial charge in [-0.1, -0.05) is 88.6 Å². The molecule has 0 spiro atoms. The molecule has 0 saturated carbocycles. The molecule has 1 atom stereocenters. The van der Waals surface area contributed by atoms with E-state index < -0.39 is 23.5 Å². The van der Waals surface area contributed by atoms with E-state index in [9.17, 15) is 14.7 Å². The lowest BCUT2D eigenvalue weighted by molar-refractivity contribution is -0.117. The van der Waals surface area contributed by atoms with Crippen LogP contribution < -0.4 is 4.90 Å². The number of halogens is 3. The van der Waals surface area contributed by atoms with Gasteiger partial charge in [-0.3, -0.25) is 14.5 Å². The fourth-order valence-electron chi connectivity index (χ4n) is 3.87. The number of aliphatic hydroxyl groups excluding tert-OH is 1. The lowest BCUT2D eigenvalue weighted by Gasteiger charge is -2.24. The number of aromatic nitrogens is 1. The van der Waals surface area contributed by atoms with E-state index >= 15 is 0 Å². The molecule has 1 aliphatic heterocycles. The van der Waals surface area contributed by atoms with Gasteiger partial charge >= 0.3 is 0 Å². The molecule has 1 N–H and O–H groups in total. The Kier molecular flexibility index (Phi) is 6.38. The molecule has 1 unspecified atom stereocenters. The number of allylic oxidation sites excluding steroid dienone is 1. The highest BCUT2D eigenvalue weighted by molar-refractivity contribution is 7.22. The van der Waals surface area contributed by atoms with Crippen LogP contribution in [-0.2, 0) is 9.59 Å². The molecular weight excluding hydrogens is 527 g/mol. The van der Waals surface area contributed by atoms with E-state index in [1.165, 1.54) is 22.3 Å². The third-order valence-corrected chi connectivity index (χ3v) is 7.50. The minimum atomic E-state index is -0.957. The molecular formula is C26H15Cl3N2O3S. The number of carbonyl (C=O) groups excluding carboxylic acids is 2. The summed E-state index contributed by atoms with van der Waals surface area (Å²) in [6.07, 6.45) is 2.96. The third-order valence-electron chi connectivity index (χ3n) is 5.50. The Morgan fingerprint density at radius 3 is 2.51 bits per heavy atom. The molecule has 1 aromatic heterocycles. The second-order valence-corrected chi connectivity index (χ2v) is 9.99. The zero-order valence-electron chi connectivity index (χ0n) is 17.8. The number of aliphatic hydroxyl groups is 1. The minimum absolute atomic E-state index is 0.0714. The smallest absolute Gasteiger partial charge is 0.296 e. The standard InChI is InChI=1S/C26H15Cl3N2O3S/c27-16-8-10-19-21(13-16)35-26(30-19)31-23(15-7-9-17(28)18(29)12-15)22(24(33)25(31)34)20(32)11-6-14-4-2-1-3-5-14/h1-13,23,33H/b11-6+. The Hall–Kier alpha value is -3.16. The number of anilines is 1. The van der Waals surface area contributed by atoms with Crippen molar-refractivity contribution < 1.29 is 14.7 Å². The zero-order valence-corrected chi connectivity index (χ0v) is 20.9. The minimum Gasteiger partial charge on any atom is -0.503 e. The summed E-state index contributed by atoms with van der Waals surface area (Å²) in [6.45, 7) is 0. The summed E-state index contributed by atoms with van der Waals surface area (Å²) in [5.41, 5.74) is 1.87. The second-order valence-electron chi connectivity index (χ2n) is 7.73. The molecule has 0 fully saturated rings. The first kappa shape index (κ1) is 23.6. The molecule has 174 valence electrons. The molecule has 5 rings (SSSR count). The second kappa shape index (κ2) is 9.47. The maximum atomic E-state index is 13.3. The number of ketones is 1. The fraction of sp³-hybridized carbons (Fsp3) is 0.0385. The van der Waals surface area contributed by atoms with Crippen LogP contribution in [0.4, 0.5) is 5.13 Å². The maximum absolute atomic E-state index is 13.3. The van der Waals surface area contributed by atoms with Gasteiger partial charge in [0.2, 0.25) is 0 Å². The summed E-state index contributed by atoms with van der Waals surface area (Å²) in [6, 6.07) is 18.3. The number of fused-ring (bicyclic) bond motifs is 1. The van der Waals surface area contributed by atoms with Gasteiger partial charge in [-0.05, 0) is 47.5 Å². The largest absolute Gasteiger partial charge is 0.503 e. The highest BCUT2D eigenvalue weighted by Crippen LogP contribution is 2.44. The van der Waals surface area contributed by atoms with E-state index in [2.05, 4.69) is 4.98 Å². The summed E-state index contributed by atoms with van der Waals surface area (Å²) in [5.74, 6) is -1.88. The van der Waals surface area contributed by atoms with Crippen LogP contribution in [0.1, 0.15) is 17.2 Å². The predicted octanol–water partition coefficient (Wildman–Crippen LogP) is 7.44. The van der Waals surface area contributed by atoms with Gasteiger partial charge in [-0.25, -0.2) is 4.98 Å². The predicted molar refractivity (Wildman–Crippen MR) is 141 cm³/mol. The van der Waals surface area contributed by atoms with E-state index in [1.54, 1.807) is 42.5 Å². The summed E-state index contributed by atoms with van der Waals surface area (Å²) in [5, 5.41) is 12.3. The monoisotopic (exact) mass is 540 g/mol. The molecule has 4 aromatic rings. The SMILES string of the molecule is O=C(/C=C/c1ccccc1)C1=C(O)C(=O)N(c2nc3ccc(Cl)cc3s2)C1c1ccc(Cl)c(Cl)c1. The van der Waals surface area contributed by atoms with Crippen molar-refractivity contribution in [3.8, 4) is 0 Å². The summed E-state index contributed by atoms with van der Waals surface area (Å²) in [7, 11) is 0. The van der Waals surface area contributed by atoms with Crippen LogP contribution in [0.2, 0.25) is 15.1 Å². The molecule has 35 heavy (non-hydrogen) atoms. The summed E-state index contributed by atoms with van der Waals surface area (Å²) >= 11 is 19.7. The van der Waals surface area contributed by atoms with Crippen molar-refractivity contribution in [1.29, 1.82) is 0 Å². The molecule has 0 radical (unpaired) electrons. The number of benzene rings is 3. The molecule has 5 nitrogen and oxygen atoms in total. The third kappa shape index (κ3) is 4.46. The number of hydrogen-bond donors (Lipinski definition) is 1. The van der Waals surface area contributed by atoms with Crippen LogP contribution in [0.15, 0.2) is 84.1 Å². The first-order chi connectivity index (χ1) is 16.8. The van der Waals surface area contributed by atoms with Crippen LogP contribution in [-0.4, -0.2) is 21.8 Å². The lowest BCUT2D eigenvalue weighted by Crippen LogP contribution is -2.30. The number of hydrogen-bond acceptors (Lipinski definition) is 5. The van der Waals surface area contributed by atoms with Crippen molar-refractivity contribution in [1.82, 2.24) is 4.98 Å². The Balaban J connectivity index is 1.63. The Morgan fingerprint density at radius 2 is 1.77 bits per heavy atom. The van der Waals surface area contributed by atoms with Gasteiger partial charge in [0.25, 0.3) is 5.91 Å². The summed E-state index contributed by atoms with van der Waals surface area (Å²) in [4.78, 5) is 32.5. The molecule has 3 aromatic carbocycles. The van der Waals surface area contributed by atoms with E-state index in [1.807, 2.05) is 30.3 Å². The van der Waals surface area contributed by atoms with E-state index in [-0.39, 0.29) is 10.6 Å². The maximum Gasteiger partial charge on any atom is 0.296 e. The van der Waals surface area contributed by atoms with Crippen LogP contribution >= 0.6 is 46.1 Å². The normalized spacial score (nSPS) is 16.1. The molecule has 0 bridgehead atoms. The van der Waals surface area contributed by atoms with Crippen molar-refractivity contribution in [3.05, 3.63) is 110 Å². The van der Waals surface area contributed by atoms with Crippen molar-refractivity contribution in [2.45, 2.75) is 6.04 Å². The first-order valence-corrected chi connectivity index (χ1v) is 12.3. The zero-order chi connectivity index (χ0) is 24.7. The van der Waals surface area contributed by atoms with Gasteiger partial charge in [0.15, 0.2) is 16.7 Å². The quantitative estimate of drug-likeness (QED) is 0.267. The highest BCUT2D eigenvalue weighted by Gasteiger charge is 2.45. The average molecular weight is 542 g/mol. The fourth-order valence-corrected chi connectivity index (χ4v) is 5.44. The Labute approximate surface area is 219 Å². The van der Waals surface area contributed by atoms with Crippen LogP contribution in [0.3, 0.4) is 0 Å². The van der Waals surface area contributed by atoms with Crippen molar-refractivity contribution >= 4 is 79.3 Å². The number of nitrogens with zero attached hydrogens (tertiary/aromatic N) is 2. The highest BCUT2D eigenvalue weighted by atomic mass is 35.5. The first-order valence-electron chi connectivity index (χ1n) is 10.4. The van der Waals surface area contributed by atoms with Gasteiger partial charge in [-0.2, -0.15) is 0 Å². The molecule has 0 saturated heterocycles. The number of thiazole rings is 1. The van der Waals surface area contributed by atoms with Crippen molar-refractivity contribution in [2.24, 2.45) is 0 Å². The molecule has 0 aliphatic carbocycles. The van der Waals surface area contributed by atoms with E-state index in [0.29, 0.717) is 26.3 Å². The molecule has 1 amide bonds. The van der Waals surface area contributed by atoms with Gasteiger partial charge in [-0.15, -0.1) is 0 Å².